The predicted octanol–water partition coefficient (Wildman–Crippen LogP) is 6.08. The molecule has 4 heterocycles. The van der Waals surface area contributed by atoms with Crippen molar-refractivity contribution in [3.63, 3.8) is 0 Å². The minimum absolute atomic E-state index is 0.00803. The summed E-state index contributed by atoms with van der Waals surface area (Å²) in [6, 6.07) is 7.95. The molecule has 0 bridgehead atoms. The minimum Gasteiger partial charge on any atom is -0.395 e. The second-order valence-corrected chi connectivity index (χ2v) is 11.2. The number of anilines is 1. The fourth-order valence-corrected chi connectivity index (χ4v) is 6.21. The Hall–Kier alpha value is -3.99. The molecule has 1 unspecified atom stereocenters. The van der Waals surface area contributed by atoms with E-state index in [2.05, 4.69) is 40.9 Å². The lowest BCUT2D eigenvalue weighted by Crippen LogP contribution is -2.33. The average Bonchev–Trinajstić information content (AvgIpc) is 3.62. The van der Waals surface area contributed by atoms with E-state index in [-0.39, 0.29) is 31.3 Å². The molecule has 0 saturated carbocycles. The summed E-state index contributed by atoms with van der Waals surface area (Å²) < 4.78 is 57.8. The molecule has 0 fully saturated rings. The smallest absolute Gasteiger partial charge is 0.395 e. The largest absolute Gasteiger partial charge is 0.419 e. The third kappa shape index (κ3) is 4.50. The van der Waals surface area contributed by atoms with Crippen LogP contribution < -0.4 is 4.90 Å². The number of aliphatic hydroxyl groups excluding tert-OH is 1. The number of aliphatic hydroxyl groups is 1. The lowest BCUT2D eigenvalue weighted by Gasteiger charge is -2.33. The first-order chi connectivity index (χ1) is 20.1. The van der Waals surface area contributed by atoms with Gasteiger partial charge in [0.1, 0.15) is 5.83 Å². The van der Waals surface area contributed by atoms with E-state index >= 15 is 4.39 Å². The molecule has 2 N–H and O–H groups in total. The first-order valence-electron chi connectivity index (χ1n) is 14.1. The maximum Gasteiger partial charge on any atom is 0.419 e. The van der Waals surface area contributed by atoms with Crippen molar-refractivity contribution < 1.29 is 22.7 Å². The Balaban J connectivity index is 1.56. The zero-order valence-corrected chi connectivity index (χ0v) is 23.7. The van der Waals surface area contributed by atoms with Crippen LogP contribution in [0.2, 0.25) is 0 Å². The minimum atomic E-state index is -4.53. The van der Waals surface area contributed by atoms with Crippen molar-refractivity contribution in [2.24, 2.45) is 0 Å². The first kappa shape index (κ1) is 28.1. The lowest BCUT2D eigenvalue weighted by molar-refractivity contribution is -0.138. The number of aromatic amines is 1. The molecule has 0 amide bonds. The first-order valence-corrected chi connectivity index (χ1v) is 14.1. The summed E-state index contributed by atoms with van der Waals surface area (Å²) >= 11 is 0. The number of nitrogens with one attached hydrogen (secondary N) is 1. The molecule has 0 spiro atoms. The number of aromatic nitrogens is 5. The van der Waals surface area contributed by atoms with Crippen molar-refractivity contribution in [2.45, 2.75) is 64.6 Å². The van der Waals surface area contributed by atoms with Gasteiger partial charge < -0.3 is 15.0 Å². The van der Waals surface area contributed by atoms with E-state index in [1.807, 2.05) is 28.6 Å². The summed E-state index contributed by atoms with van der Waals surface area (Å²) in [7, 11) is 0. The number of rotatable bonds is 6. The summed E-state index contributed by atoms with van der Waals surface area (Å²) in [5, 5.41) is 15.3. The molecule has 4 aromatic rings. The van der Waals surface area contributed by atoms with Crippen molar-refractivity contribution in [3.05, 3.63) is 93.6 Å². The van der Waals surface area contributed by atoms with Gasteiger partial charge in [-0.3, -0.25) is 0 Å². The summed E-state index contributed by atoms with van der Waals surface area (Å²) in [6.45, 7) is 6.45. The van der Waals surface area contributed by atoms with E-state index in [1.54, 1.807) is 6.20 Å². The molecule has 220 valence electrons. The molecule has 0 saturated heterocycles. The molecule has 11 heteroatoms. The van der Waals surface area contributed by atoms with Crippen LogP contribution in [0.5, 0.6) is 0 Å². The molecule has 0 radical (unpaired) electrons. The van der Waals surface area contributed by atoms with Gasteiger partial charge in [0.2, 0.25) is 5.95 Å². The van der Waals surface area contributed by atoms with Gasteiger partial charge in [-0.2, -0.15) is 18.3 Å². The average molecular weight is 581 g/mol. The zero-order valence-electron chi connectivity index (χ0n) is 23.7. The van der Waals surface area contributed by atoms with Crippen LogP contribution in [0.4, 0.5) is 23.5 Å². The van der Waals surface area contributed by atoms with Crippen LogP contribution in [0.1, 0.15) is 72.1 Å². The quantitative estimate of drug-likeness (QED) is 0.270. The van der Waals surface area contributed by atoms with Gasteiger partial charge in [0.25, 0.3) is 0 Å². The molecule has 1 aliphatic heterocycles. The Morgan fingerprint density at radius 1 is 1.07 bits per heavy atom. The number of para-hydroxylation sites is 1. The number of alkyl halides is 3. The van der Waals surface area contributed by atoms with E-state index in [9.17, 15) is 18.3 Å². The van der Waals surface area contributed by atoms with Crippen molar-refractivity contribution in [3.8, 4) is 5.69 Å². The van der Waals surface area contributed by atoms with E-state index in [1.165, 1.54) is 0 Å². The van der Waals surface area contributed by atoms with E-state index in [0.29, 0.717) is 29.8 Å². The third-order valence-corrected chi connectivity index (χ3v) is 8.48. The Morgan fingerprint density at radius 3 is 2.38 bits per heavy atom. The highest BCUT2D eigenvalue weighted by molar-refractivity contribution is 5.86. The maximum absolute atomic E-state index is 16.4. The highest BCUT2D eigenvalue weighted by Crippen LogP contribution is 2.47. The number of fused-ring (bicyclic) bond motifs is 2. The fourth-order valence-electron chi connectivity index (χ4n) is 6.21. The second kappa shape index (κ2) is 10.4. The van der Waals surface area contributed by atoms with Gasteiger partial charge in [-0.25, -0.2) is 19.0 Å². The molecule has 1 aromatic carbocycles. The summed E-state index contributed by atoms with van der Waals surface area (Å²) in [6.07, 6.45) is 0.790. The van der Waals surface area contributed by atoms with Crippen molar-refractivity contribution in [1.29, 1.82) is 0 Å². The van der Waals surface area contributed by atoms with Crippen LogP contribution in [-0.4, -0.2) is 43.0 Å². The Labute approximate surface area is 240 Å². The zero-order chi connectivity index (χ0) is 29.8. The van der Waals surface area contributed by atoms with Gasteiger partial charge >= 0.3 is 6.18 Å². The number of hydrogen-bond donors (Lipinski definition) is 2. The van der Waals surface area contributed by atoms with Gasteiger partial charge in [-0.05, 0) is 30.0 Å². The van der Waals surface area contributed by atoms with Gasteiger partial charge in [-0.15, -0.1) is 0 Å². The normalized spacial score (nSPS) is 18.8. The number of allylic oxidation sites excluding steroid dienone is 1. The van der Waals surface area contributed by atoms with E-state index < -0.39 is 17.2 Å². The van der Waals surface area contributed by atoms with Gasteiger partial charge in [0.15, 0.2) is 0 Å². The van der Waals surface area contributed by atoms with Gasteiger partial charge in [0.05, 0.1) is 29.2 Å². The molecular weight excluding hydrogens is 548 g/mol. The molecule has 2 aliphatic rings. The monoisotopic (exact) mass is 580 g/mol. The van der Waals surface area contributed by atoms with Crippen LogP contribution in [-0.2, 0) is 37.4 Å². The van der Waals surface area contributed by atoms with Crippen LogP contribution in [0.3, 0.4) is 0 Å². The number of H-pyrrole nitrogens is 1. The van der Waals surface area contributed by atoms with Crippen LogP contribution in [0.25, 0.3) is 11.3 Å². The predicted molar refractivity (Wildman–Crippen MR) is 151 cm³/mol. The third-order valence-electron chi connectivity index (χ3n) is 8.48. The Bertz CT molecular complexity index is 1650. The number of hydrogen-bond acceptors (Lipinski definition) is 5. The Kier molecular flexibility index (Phi) is 6.95. The lowest BCUT2D eigenvalue weighted by atomic mass is 9.74. The molecule has 3 aromatic heterocycles. The van der Waals surface area contributed by atoms with Crippen LogP contribution in [0.15, 0.2) is 48.7 Å². The van der Waals surface area contributed by atoms with Gasteiger partial charge in [0, 0.05) is 72.3 Å². The standard InChI is InChI=1S/C31H32F4N6O/c1-4-18-7-6-8-19(5-2)26(18)41-27(25-21-9-11-36-28(21)30(3,17-42)13-23(25)32)22-16-40(12-10-24(22)39-41)29-37-14-20(15-38-29)31(33,34)35/h6-9,11,14-15,36,42H,4-5,10,12-13,16-17H2,1-3H3. The molecule has 6 rings (SSSR count). The summed E-state index contributed by atoms with van der Waals surface area (Å²) in [5.74, 6) is -0.179. The highest BCUT2D eigenvalue weighted by atomic mass is 19.4. The van der Waals surface area contributed by atoms with E-state index in [4.69, 9.17) is 5.10 Å². The number of nitrogens with zero attached hydrogens (tertiary/aromatic N) is 5. The number of halogens is 4. The highest BCUT2D eigenvalue weighted by Gasteiger charge is 2.41. The van der Waals surface area contributed by atoms with Crippen molar-refractivity contribution >= 4 is 11.5 Å². The van der Waals surface area contributed by atoms with Crippen molar-refractivity contribution in [2.75, 3.05) is 18.1 Å². The number of benzene rings is 1. The molecule has 42 heavy (non-hydrogen) atoms. The van der Waals surface area contributed by atoms with Crippen LogP contribution in [0, 0.1) is 0 Å². The topological polar surface area (TPSA) is 82.9 Å². The van der Waals surface area contributed by atoms with Gasteiger partial charge in [-0.1, -0.05) is 39.0 Å². The SMILES string of the molecule is CCc1cccc(CC)c1-n1nc2c(c1C1=C(F)CC(C)(CO)c3[nH]ccc31)CN(c1ncc(C(F)(F)F)cn1)CC2. The molecular formula is C31H32F4N6O. The van der Waals surface area contributed by atoms with E-state index in [0.717, 1.165) is 59.0 Å². The second-order valence-electron chi connectivity index (χ2n) is 11.2. The molecule has 1 atom stereocenters. The van der Waals surface area contributed by atoms with Crippen molar-refractivity contribution in [1.82, 2.24) is 24.7 Å². The summed E-state index contributed by atoms with van der Waals surface area (Å²) in [5.41, 5.74) is 5.35. The number of aryl methyl sites for hydroxylation is 2. The Morgan fingerprint density at radius 2 is 1.76 bits per heavy atom. The summed E-state index contributed by atoms with van der Waals surface area (Å²) in [4.78, 5) is 13.1. The van der Waals surface area contributed by atoms with Crippen LogP contribution >= 0.6 is 0 Å². The molecule has 1 aliphatic carbocycles. The molecule has 7 nitrogen and oxygen atoms in total. The maximum atomic E-state index is 16.4. The fraction of sp³-hybridized carbons (Fsp3) is 0.387.